The highest BCUT2D eigenvalue weighted by Crippen LogP contribution is 2.21. The van der Waals surface area contributed by atoms with Crippen LogP contribution in [0, 0.1) is 0 Å². The molecule has 0 rings (SSSR count). The maximum Gasteiger partial charge on any atom is 0.399 e. The number of carbonyl (C=O) groups is 4. The molecule has 0 unspecified atom stereocenters. The molecule has 0 aliphatic rings. The third kappa shape index (κ3) is 5.87. The highest BCUT2D eigenvalue weighted by Gasteiger charge is 2.50. The quantitative estimate of drug-likeness (QED) is 0.192. The molecular formula is C13H16F4O7. The lowest BCUT2D eigenvalue weighted by Gasteiger charge is -2.21. The first-order chi connectivity index (χ1) is 10.9. The average molecular weight is 360 g/mol. The molecule has 0 aliphatic heterocycles. The monoisotopic (exact) mass is 360 g/mol. The van der Waals surface area contributed by atoms with E-state index in [2.05, 4.69) is 14.2 Å². The summed E-state index contributed by atoms with van der Waals surface area (Å²) in [6.45, 7) is -0.371. The van der Waals surface area contributed by atoms with Crippen LogP contribution in [-0.2, 0) is 33.4 Å². The molecule has 0 aromatic heterocycles. The summed E-state index contributed by atoms with van der Waals surface area (Å²) in [5, 5.41) is 0. The summed E-state index contributed by atoms with van der Waals surface area (Å²) in [5.41, 5.74) is 0. The molecule has 0 saturated heterocycles. The van der Waals surface area contributed by atoms with Crippen LogP contribution < -0.4 is 0 Å². The Morgan fingerprint density at radius 2 is 1.25 bits per heavy atom. The number of ether oxygens (including phenoxy) is 3. The van der Waals surface area contributed by atoms with Crippen molar-refractivity contribution in [3.05, 3.63) is 0 Å². The van der Waals surface area contributed by atoms with Crippen molar-refractivity contribution in [2.45, 2.75) is 51.9 Å². The average Bonchev–Trinajstić information content (AvgIpc) is 2.46. The number of hydrogen-bond acceptors (Lipinski definition) is 7. The molecule has 0 aromatic carbocycles. The molecule has 0 aromatic rings. The maximum atomic E-state index is 13.2. The number of rotatable bonds is 10. The lowest BCUT2D eigenvalue weighted by molar-refractivity contribution is -0.281. The van der Waals surface area contributed by atoms with Crippen molar-refractivity contribution in [1.29, 1.82) is 0 Å². The van der Waals surface area contributed by atoms with Gasteiger partial charge in [0.2, 0.25) is 11.6 Å². The molecule has 138 valence electrons. The van der Waals surface area contributed by atoms with Crippen molar-refractivity contribution in [1.82, 2.24) is 0 Å². The first kappa shape index (κ1) is 22.0. The van der Waals surface area contributed by atoms with Gasteiger partial charge in [0.1, 0.15) is 0 Å². The van der Waals surface area contributed by atoms with Crippen molar-refractivity contribution >= 4 is 23.5 Å². The minimum Gasteiger partial charge on any atom is -0.395 e. The van der Waals surface area contributed by atoms with E-state index < -0.39 is 41.8 Å². The summed E-state index contributed by atoms with van der Waals surface area (Å²) >= 11 is 0. The third-order valence-corrected chi connectivity index (χ3v) is 2.56. The van der Waals surface area contributed by atoms with E-state index in [0.29, 0.717) is 20.3 Å². The number of esters is 2. The van der Waals surface area contributed by atoms with Crippen LogP contribution >= 0.6 is 0 Å². The van der Waals surface area contributed by atoms with Gasteiger partial charge in [-0.05, 0) is 6.42 Å². The molecule has 24 heavy (non-hydrogen) atoms. The lowest BCUT2D eigenvalue weighted by atomic mass is 10.2. The summed E-state index contributed by atoms with van der Waals surface area (Å²) in [4.78, 5) is 43.7. The third-order valence-electron chi connectivity index (χ3n) is 2.56. The second-order valence-corrected chi connectivity index (χ2v) is 4.58. The van der Waals surface area contributed by atoms with E-state index >= 15 is 0 Å². The Hall–Kier alpha value is -2.04. The highest BCUT2D eigenvalue weighted by atomic mass is 19.3. The van der Waals surface area contributed by atoms with E-state index in [0.717, 1.165) is 0 Å². The van der Waals surface area contributed by atoms with Gasteiger partial charge in [-0.3, -0.25) is 9.59 Å². The minimum atomic E-state index is -4.58. The smallest absolute Gasteiger partial charge is 0.395 e. The summed E-state index contributed by atoms with van der Waals surface area (Å²) in [6, 6.07) is 0. The molecule has 0 aliphatic carbocycles. The normalized spacial score (nSPS) is 12.0. The van der Waals surface area contributed by atoms with Crippen LogP contribution in [0.25, 0.3) is 0 Å². The molecule has 0 atom stereocenters. The number of alkyl halides is 4. The SMILES string of the molecule is CCCCOC(OC(=O)C(F)(F)C(C)=O)OC(=O)C(F)(F)C(C)=O. The summed E-state index contributed by atoms with van der Waals surface area (Å²) in [7, 11) is 0. The molecule has 0 fully saturated rings. The zero-order valence-electron chi connectivity index (χ0n) is 13.1. The maximum absolute atomic E-state index is 13.2. The largest absolute Gasteiger partial charge is 0.399 e. The molecule has 0 N–H and O–H groups in total. The molecule has 0 heterocycles. The van der Waals surface area contributed by atoms with Crippen molar-refractivity contribution < 1.29 is 51.0 Å². The zero-order chi connectivity index (χ0) is 19.1. The first-order valence-electron chi connectivity index (χ1n) is 6.68. The molecule has 0 spiro atoms. The predicted molar refractivity (Wildman–Crippen MR) is 68.1 cm³/mol. The number of carbonyl (C=O) groups excluding carboxylic acids is 4. The summed E-state index contributed by atoms with van der Waals surface area (Å²) in [6.07, 6.45) is 0.819. The van der Waals surface area contributed by atoms with E-state index in [9.17, 15) is 36.7 Å². The number of unbranched alkanes of at least 4 members (excludes halogenated alkanes) is 1. The van der Waals surface area contributed by atoms with Crippen LogP contribution in [0.1, 0.15) is 33.6 Å². The van der Waals surface area contributed by atoms with Gasteiger partial charge in [-0.1, -0.05) is 13.3 Å². The van der Waals surface area contributed by atoms with E-state index in [1.54, 1.807) is 6.92 Å². The molecule has 0 saturated carbocycles. The standard InChI is InChI=1S/C13H16F4O7/c1-4-5-6-22-11(23-9(20)12(14,15)7(2)18)24-10(21)13(16,17)8(3)19/h11H,4-6H2,1-3H3. The van der Waals surface area contributed by atoms with Crippen LogP contribution in [-0.4, -0.2) is 48.4 Å². The molecular weight excluding hydrogens is 344 g/mol. The molecule has 7 nitrogen and oxygen atoms in total. The second-order valence-electron chi connectivity index (χ2n) is 4.58. The van der Waals surface area contributed by atoms with Gasteiger partial charge in [0.15, 0.2) is 0 Å². The molecule has 0 radical (unpaired) electrons. The van der Waals surface area contributed by atoms with Crippen LogP contribution in [0.4, 0.5) is 17.6 Å². The van der Waals surface area contributed by atoms with Gasteiger partial charge >= 0.3 is 30.3 Å². The Morgan fingerprint density at radius 3 is 1.54 bits per heavy atom. The number of ketones is 2. The van der Waals surface area contributed by atoms with E-state index in [4.69, 9.17) is 0 Å². The first-order valence-corrected chi connectivity index (χ1v) is 6.68. The van der Waals surface area contributed by atoms with E-state index in [-0.39, 0.29) is 13.0 Å². The number of hydrogen-bond donors (Lipinski definition) is 0. The van der Waals surface area contributed by atoms with Gasteiger partial charge in [-0.25, -0.2) is 9.59 Å². The van der Waals surface area contributed by atoms with Crippen molar-refractivity contribution in [3.8, 4) is 0 Å². The Bertz CT molecular complexity index is 465. The number of halogens is 4. The fourth-order valence-corrected chi connectivity index (χ4v) is 1.03. The van der Waals surface area contributed by atoms with Crippen LogP contribution in [0.15, 0.2) is 0 Å². The Kier molecular flexibility index (Phi) is 7.97. The van der Waals surface area contributed by atoms with Crippen LogP contribution in [0.3, 0.4) is 0 Å². The highest BCUT2D eigenvalue weighted by molar-refractivity contribution is 6.05. The van der Waals surface area contributed by atoms with E-state index in [1.165, 1.54) is 0 Å². The van der Waals surface area contributed by atoms with Crippen LogP contribution in [0.5, 0.6) is 0 Å². The lowest BCUT2D eigenvalue weighted by Crippen LogP contribution is -2.44. The number of Topliss-reactive ketones (excluding diaryl/α,β-unsaturated/α-hetero) is 2. The zero-order valence-corrected chi connectivity index (χ0v) is 13.1. The topological polar surface area (TPSA) is 96.0 Å². The second kappa shape index (κ2) is 8.71. The van der Waals surface area contributed by atoms with Gasteiger partial charge in [-0.2, -0.15) is 17.6 Å². The van der Waals surface area contributed by atoms with Crippen molar-refractivity contribution in [3.63, 3.8) is 0 Å². The van der Waals surface area contributed by atoms with Gasteiger partial charge in [0, 0.05) is 13.8 Å². The minimum absolute atomic E-state index is 0.289. The van der Waals surface area contributed by atoms with Crippen molar-refractivity contribution in [2.75, 3.05) is 6.61 Å². The predicted octanol–water partition coefficient (Wildman–Crippen LogP) is 1.62. The summed E-state index contributed by atoms with van der Waals surface area (Å²) in [5.74, 6) is -17.8. The fourth-order valence-electron chi connectivity index (χ4n) is 1.03. The molecule has 0 bridgehead atoms. The van der Waals surface area contributed by atoms with Gasteiger partial charge < -0.3 is 14.2 Å². The van der Waals surface area contributed by atoms with Crippen molar-refractivity contribution in [2.24, 2.45) is 0 Å². The Labute approximate surface area is 134 Å². The Morgan fingerprint density at radius 1 is 0.875 bits per heavy atom. The van der Waals surface area contributed by atoms with Gasteiger partial charge in [0.25, 0.3) is 0 Å². The fraction of sp³-hybridized carbons (Fsp3) is 0.692. The molecule has 11 heteroatoms. The Balaban J connectivity index is 5.12. The van der Waals surface area contributed by atoms with E-state index in [1.807, 2.05) is 0 Å². The van der Waals surface area contributed by atoms with Gasteiger partial charge in [0.05, 0.1) is 6.61 Å². The van der Waals surface area contributed by atoms with Gasteiger partial charge in [-0.15, -0.1) is 0 Å². The molecule has 0 amide bonds. The van der Waals surface area contributed by atoms with Crippen LogP contribution in [0.2, 0.25) is 0 Å². The summed E-state index contributed by atoms with van der Waals surface area (Å²) < 4.78 is 65.2.